The molecule has 0 spiro atoms. The lowest BCUT2D eigenvalue weighted by Gasteiger charge is -2.12. The molecular formula is C15H24N2O. The minimum Gasteiger partial charge on any atom is -0.392 e. The van der Waals surface area contributed by atoms with Gasteiger partial charge in [-0.25, -0.2) is 4.98 Å². The molecule has 0 radical (unpaired) electrons. The van der Waals surface area contributed by atoms with Gasteiger partial charge in [0.1, 0.15) is 5.82 Å². The molecule has 3 unspecified atom stereocenters. The Balaban J connectivity index is 1.60. The van der Waals surface area contributed by atoms with Crippen LogP contribution < -0.4 is 0 Å². The molecule has 0 aromatic carbocycles. The van der Waals surface area contributed by atoms with Crippen LogP contribution >= 0.6 is 0 Å². The second kappa shape index (κ2) is 5.04. The Labute approximate surface area is 109 Å². The van der Waals surface area contributed by atoms with Crippen LogP contribution in [0.25, 0.3) is 0 Å². The van der Waals surface area contributed by atoms with E-state index in [1.54, 1.807) is 0 Å². The number of hydrogen-bond donors (Lipinski definition) is 1. The molecule has 100 valence electrons. The number of imidazole rings is 1. The summed E-state index contributed by atoms with van der Waals surface area (Å²) >= 11 is 0. The van der Waals surface area contributed by atoms with Gasteiger partial charge >= 0.3 is 0 Å². The van der Waals surface area contributed by atoms with Crippen molar-refractivity contribution in [1.29, 1.82) is 0 Å². The smallest absolute Gasteiger partial charge is 0.111 e. The molecule has 1 aromatic rings. The summed E-state index contributed by atoms with van der Waals surface area (Å²) in [5.41, 5.74) is 0. The van der Waals surface area contributed by atoms with Crippen molar-refractivity contribution in [2.45, 2.75) is 58.1 Å². The maximum absolute atomic E-state index is 10.4. The van der Waals surface area contributed by atoms with E-state index < -0.39 is 0 Å². The van der Waals surface area contributed by atoms with Crippen molar-refractivity contribution in [2.24, 2.45) is 17.8 Å². The fourth-order valence-corrected chi connectivity index (χ4v) is 3.92. The maximum atomic E-state index is 10.4. The van der Waals surface area contributed by atoms with Gasteiger partial charge < -0.3 is 9.67 Å². The van der Waals surface area contributed by atoms with E-state index in [0.717, 1.165) is 37.0 Å². The number of nitrogens with zero attached hydrogens (tertiary/aromatic N) is 2. The van der Waals surface area contributed by atoms with E-state index in [9.17, 15) is 5.11 Å². The van der Waals surface area contributed by atoms with Crippen LogP contribution in [0.1, 0.15) is 44.9 Å². The Hall–Kier alpha value is -0.830. The van der Waals surface area contributed by atoms with E-state index in [4.69, 9.17) is 0 Å². The largest absolute Gasteiger partial charge is 0.392 e. The molecule has 0 saturated heterocycles. The first-order valence-corrected chi connectivity index (χ1v) is 7.49. The molecule has 2 aliphatic rings. The van der Waals surface area contributed by atoms with Gasteiger partial charge in [0.2, 0.25) is 0 Å². The Morgan fingerprint density at radius 3 is 2.78 bits per heavy atom. The van der Waals surface area contributed by atoms with Crippen LogP contribution in [0.5, 0.6) is 0 Å². The highest BCUT2D eigenvalue weighted by Gasteiger charge is 2.53. The summed E-state index contributed by atoms with van der Waals surface area (Å²) in [6.45, 7) is 3.19. The quantitative estimate of drug-likeness (QED) is 0.870. The molecule has 3 heteroatoms. The summed E-state index contributed by atoms with van der Waals surface area (Å²) in [6, 6.07) is 0. The fraction of sp³-hybridized carbons (Fsp3) is 0.800. The van der Waals surface area contributed by atoms with Crippen molar-refractivity contribution in [3.05, 3.63) is 18.2 Å². The second-order valence-electron chi connectivity index (χ2n) is 6.00. The summed E-state index contributed by atoms with van der Waals surface area (Å²) in [6.07, 6.45) is 11.0. The van der Waals surface area contributed by atoms with Crippen LogP contribution in [0.3, 0.4) is 0 Å². The van der Waals surface area contributed by atoms with Crippen molar-refractivity contribution in [3.8, 4) is 0 Å². The number of aryl methyl sites for hydroxylation is 1. The summed E-state index contributed by atoms with van der Waals surface area (Å²) in [4.78, 5) is 4.41. The van der Waals surface area contributed by atoms with Crippen LogP contribution in [0.4, 0.5) is 0 Å². The van der Waals surface area contributed by atoms with Crippen LogP contribution in [-0.2, 0) is 13.0 Å². The lowest BCUT2D eigenvalue weighted by atomic mass is 10.0. The van der Waals surface area contributed by atoms with Gasteiger partial charge in [0.15, 0.2) is 0 Å². The highest BCUT2D eigenvalue weighted by molar-refractivity contribution is 5.05. The van der Waals surface area contributed by atoms with Gasteiger partial charge in [0, 0.05) is 25.4 Å². The number of rotatable bonds is 5. The minimum atomic E-state index is -0.170. The van der Waals surface area contributed by atoms with Gasteiger partial charge in [0.05, 0.1) is 6.10 Å². The zero-order valence-electron chi connectivity index (χ0n) is 11.3. The molecule has 18 heavy (non-hydrogen) atoms. The van der Waals surface area contributed by atoms with E-state index in [1.807, 2.05) is 12.4 Å². The van der Waals surface area contributed by atoms with E-state index >= 15 is 0 Å². The fourth-order valence-electron chi connectivity index (χ4n) is 3.92. The summed E-state index contributed by atoms with van der Waals surface area (Å²) in [5.74, 6) is 3.28. The van der Waals surface area contributed by atoms with Crippen molar-refractivity contribution < 1.29 is 5.11 Å². The Kier molecular flexibility index (Phi) is 3.42. The Morgan fingerprint density at radius 1 is 1.39 bits per heavy atom. The van der Waals surface area contributed by atoms with Crippen molar-refractivity contribution >= 4 is 0 Å². The van der Waals surface area contributed by atoms with Crippen LogP contribution in [0.2, 0.25) is 0 Å². The molecule has 1 N–H and O–H groups in total. The second-order valence-corrected chi connectivity index (χ2v) is 6.00. The molecule has 0 amide bonds. The first-order chi connectivity index (χ1) is 8.81. The third kappa shape index (κ3) is 2.20. The number of hydrogen-bond acceptors (Lipinski definition) is 2. The number of aliphatic hydroxyl groups excluding tert-OH is 1. The molecule has 1 heterocycles. The van der Waals surface area contributed by atoms with Gasteiger partial charge in [-0.15, -0.1) is 0 Å². The molecule has 3 atom stereocenters. The Morgan fingerprint density at radius 2 is 2.11 bits per heavy atom. The lowest BCUT2D eigenvalue weighted by Crippen LogP contribution is -2.18. The summed E-state index contributed by atoms with van der Waals surface area (Å²) in [5, 5.41) is 10.4. The zero-order chi connectivity index (χ0) is 12.5. The predicted octanol–water partition coefficient (Wildman–Crippen LogP) is 2.63. The van der Waals surface area contributed by atoms with Crippen molar-refractivity contribution in [1.82, 2.24) is 9.55 Å². The average Bonchev–Trinajstić information content (AvgIpc) is 2.97. The standard InChI is InChI=1S/C15H24N2O/c1-2-8-17-9-7-16-14(17)10-13(18)15-11-5-3-4-6-12(11)15/h7,9,11-13,15,18H,2-6,8,10H2,1H3. The van der Waals surface area contributed by atoms with Crippen LogP contribution in [-0.4, -0.2) is 20.8 Å². The molecule has 2 aliphatic carbocycles. The molecule has 2 fully saturated rings. The van der Waals surface area contributed by atoms with E-state index in [-0.39, 0.29) is 6.10 Å². The third-order valence-electron chi connectivity index (χ3n) is 4.82. The predicted molar refractivity (Wildman–Crippen MR) is 71.2 cm³/mol. The highest BCUT2D eigenvalue weighted by Crippen LogP contribution is 2.57. The van der Waals surface area contributed by atoms with Gasteiger partial charge in [0.25, 0.3) is 0 Å². The van der Waals surface area contributed by atoms with Gasteiger partial charge in [-0.3, -0.25) is 0 Å². The first kappa shape index (κ1) is 12.2. The van der Waals surface area contributed by atoms with Crippen molar-refractivity contribution in [3.63, 3.8) is 0 Å². The monoisotopic (exact) mass is 248 g/mol. The van der Waals surface area contributed by atoms with E-state index in [1.165, 1.54) is 25.7 Å². The molecule has 0 bridgehead atoms. The summed E-state index contributed by atoms with van der Waals surface area (Å²) < 4.78 is 2.19. The maximum Gasteiger partial charge on any atom is 0.111 e. The molecule has 1 aromatic heterocycles. The number of fused-ring (bicyclic) bond motifs is 1. The van der Waals surface area contributed by atoms with Crippen LogP contribution in [0.15, 0.2) is 12.4 Å². The van der Waals surface area contributed by atoms with Gasteiger partial charge in [-0.1, -0.05) is 19.8 Å². The third-order valence-corrected chi connectivity index (χ3v) is 4.82. The van der Waals surface area contributed by atoms with E-state index in [2.05, 4.69) is 16.5 Å². The lowest BCUT2D eigenvalue weighted by molar-refractivity contribution is 0.137. The topological polar surface area (TPSA) is 38.0 Å². The zero-order valence-corrected chi connectivity index (χ0v) is 11.3. The molecule has 2 saturated carbocycles. The van der Waals surface area contributed by atoms with Gasteiger partial charge in [-0.05, 0) is 37.0 Å². The first-order valence-electron chi connectivity index (χ1n) is 7.49. The SMILES string of the molecule is CCCn1ccnc1CC(O)C1C2CCCCC21. The molecule has 3 rings (SSSR count). The number of aromatic nitrogens is 2. The Bertz CT molecular complexity index is 389. The average molecular weight is 248 g/mol. The minimum absolute atomic E-state index is 0.170. The van der Waals surface area contributed by atoms with Crippen molar-refractivity contribution in [2.75, 3.05) is 0 Å². The summed E-state index contributed by atoms with van der Waals surface area (Å²) in [7, 11) is 0. The highest BCUT2D eigenvalue weighted by atomic mass is 16.3. The normalized spacial score (nSPS) is 32.0. The van der Waals surface area contributed by atoms with E-state index in [0.29, 0.717) is 5.92 Å². The number of aliphatic hydroxyl groups is 1. The molecule has 3 nitrogen and oxygen atoms in total. The molecule has 0 aliphatic heterocycles. The van der Waals surface area contributed by atoms with Gasteiger partial charge in [-0.2, -0.15) is 0 Å². The van der Waals surface area contributed by atoms with Crippen LogP contribution in [0, 0.1) is 17.8 Å². The molecular weight excluding hydrogens is 224 g/mol.